The van der Waals surface area contributed by atoms with Gasteiger partial charge in [-0.25, -0.2) is 4.39 Å². The summed E-state index contributed by atoms with van der Waals surface area (Å²) in [7, 11) is 1.97. The van der Waals surface area contributed by atoms with Crippen molar-refractivity contribution in [3.8, 4) is 0 Å². The molecule has 0 aliphatic carbocycles. The van der Waals surface area contributed by atoms with Crippen molar-refractivity contribution in [3.63, 3.8) is 0 Å². The molecule has 2 aliphatic heterocycles. The summed E-state index contributed by atoms with van der Waals surface area (Å²) >= 11 is 0. The average Bonchev–Trinajstić information content (AvgIpc) is 3.16. The number of aryl methyl sites for hydroxylation is 1. The molecule has 0 radical (unpaired) electrons. The summed E-state index contributed by atoms with van der Waals surface area (Å²) in [6, 6.07) is 17.5. The molecule has 0 N–H and O–H groups in total. The highest BCUT2D eigenvalue weighted by molar-refractivity contribution is 5.98. The van der Waals surface area contributed by atoms with E-state index in [-0.39, 0.29) is 11.7 Å². The maximum atomic E-state index is 14.1. The van der Waals surface area contributed by atoms with Gasteiger partial charge in [-0.2, -0.15) is 0 Å². The Morgan fingerprint density at radius 1 is 0.968 bits per heavy atom. The van der Waals surface area contributed by atoms with Crippen molar-refractivity contribution >= 4 is 22.5 Å². The van der Waals surface area contributed by atoms with E-state index in [0.29, 0.717) is 11.7 Å². The predicted octanol–water partition coefficient (Wildman–Crippen LogP) is 3.74. The minimum Gasteiger partial charge on any atom is -0.367 e. The third kappa shape index (κ3) is 3.81. The summed E-state index contributed by atoms with van der Waals surface area (Å²) in [6.45, 7) is 5.00. The highest BCUT2D eigenvalue weighted by atomic mass is 19.1. The number of para-hydroxylation sites is 2. The van der Waals surface area contributed by atoms with Crippen LogP contribution < -0.4 is 4.90 Å². The highest BCUT2D eigenvalue weighted by Crippen LogP contribution is 2.25. The Hall–Kier alpha value is -2.86. The lowest BCUT2D eigenvalue weighted by atomic mass is 10.0. The zero-order chi connectivity index (χ0) is 21.4. The summed E-state index contributed by atoms with van der Waals surface area (Å²) < 4.78 is 16.1. The number of anilines is 1. The third-order valence-electron chi connectivity index (χ3n) is 6.88. The fraction of sp³-hybridized carbons (Fsp3) is 0.400. The van der Waals surface area contributed by atoms with Crippen LogP contribution in [0.3, 0.4) is 0 Å². The SMILES string of the molecule is Cn1c(C(=O)N2CCCC(N3CCN(c4ccccc4F)CC3)C2)cc2ccccc21. The van der Waals surface area contributed by atoms with Gasteiger partial charge in [-0.15, -0.1) is 0 Å². The molecule has 2 fully saturated rings. The number of carbonyl (C=O) groups excluding carboxylic acids is 1. The van der Waals surface area contributed by atoms with Crippen LogP contribution in [0.4, 0.5) is 10.1 Å². The lowest BCUT2D eigenvalue weighted by Gasteiger charge is -2.44. The summed E-state index contributed by atoms with van der Waals surface area (Å²) in [5.41, 5.74) is 2.54. The Kier molecular flexibility index (Phi) is 5.40. The van der Waals surface area contributed by atoms with E-state index in [0.717, 1.165) is 68.7 Å². The maximum absolute atomic E-state index is 14.1. The first kappa shape index (κ1) is 20.1. The second kappa shape index (κ2) is 8.35. The molecule has 2 aliphatic rings. The number of hydrogen-bond acceptors (Lipinski definition) is 3. The van der Waals surface area contributed by atoms with Gasteiger partial charge in [0.25, 0.3) is 5.91 Å². The number of amides is 1. The molecule has 5 rings (SSSR count). The van der Waals surface area contributed by atoms with Gasteiger partial charge in [0.15, 0.2) is 0 Å². The van der Waals surface area contributed by atoms with Crippen molar-refractivity contribution in [3.05, 3.63) is 66.1 Å². The number of aromatic nitrogens is 1. The van der Waals surface area contributed by atoms with Crippen molar-refractivity contribution in [2.24, 2.45) is 7.05 Å². The van der Waals surface area contributed by atoms with Crippen LogP contribution in [0, 0.1) is 5.82 Å². The molecule has 1 amide bonds. The topological polar surface area (TPSA) is 31.7 Å². The molecule has 6 heteroatoms. The van der Waals surface area contributed by atoms with Crippen molar-refractivity contribution in [1.29, 1.82) is 0 Å². The smallest absolute Gasteiger partial charge is 0.270 e. The molecule has 31 heavy (non-hydrogen) atoms. The van der Waals surface area contributed by atoms with E-state index in [2.05, 4.69) is 21.9 Å². The van der Waals surface area contributed by atoms with Crippen LogP contribution >= 0.6 is 0 Å². The van der Waals surface area contributed by atoms with Gasteiger partial charge >= 0.3 is 0 Å². The van der Waals surface area contributed by atoms with Crippen molar-refractivity contribution in [2.75, 3.05) is 44.2 Å². The first-order valence-corrected chi connectivity index (χ1v) is 11.2. The van der Waals surface area contributed by atoms with Gasteiger partial charge in [0.05, 0.1) is 5.69 Å². The Balaban J connectivity index is 1.25. The largest absolute Gasteiger partial charge is 0.367 e. The number of hydrogen-bond donors (Lipinski definition) is 0. The molecule has 0 saturated carbocycles. The first-order chi connectivity index (χ1) is 15.1. The van der Waals surface area contributed by atoms with Crippen LogP contribution in [0.5, 0.6) is 0 Å². The van der Waals surface area contributed by atoms with Gasteiger partial charge in [-0.3, -0.25) is 9.69 Å². The summed E-state index contributed by atoms with van der Waals surface area (Å²) in [5.74, 6) is -0.0336. The Morgan fingerprint density at radius 2 is 1.71 bits per heavy atom. The lowest BCUT2D eigenvalue weighted by molar-refractivity contribution is 0.0555. The van der Waals surface area contributed by atoms with E-state index in [1.807, 2.05) is 46.8 Å². The Bertz CT molecular complexity index is 1090. The first-order valence-electron chi connectivity index (χ1n) is 11.2. The van der Waals surface area contributed by atoms with E-state index >= 15 is 0 Å². The van der Waals surface area contributed by atoms with Gasteiger partial charge in [0, 0.05) is 63.3 Å². The minimum absolute atomic E-state index is 0.119. The van der Waals surface area contributed by atoms with Crippen molar-refractivity contribution in [2.45, 2.75) is 18.9 Å². The summed E-state index contributed by atoms with van der Waals surface area (Å²) in [6.07, 6.45) is 2.13. The van der Waals surface area contributed by atoms with Crippen LogP contribution in [0.15, 0.2) is 54.6 Å². The third-order valence-corrected chi connectivity index (χ3v) is 6.88. The molecule has 5 nitrogen and oxygen atoms in total. The second-order valence-electron chi connectivity index (χ2n) is 8.67. The van der Waals surface area contributed by atoms with Crippen LogP contribution in [-0.2, 0) is 7.05 Å². The van der Waals surface area contributed by atoms with Crippen LogP contribution in [0.25, 0.3) is 10.9 Å². The van der Waals surface area contributed by atoms with E-state index in [4.69, 9.17) is 0 Å². The molecule has 1 atom stereocenters. The van der Waals surface area contributed by atoms with E-state index in [9.17, 15) is 9.18 Å². The number of fused-ring (bicyclic) bond motifs is 1. The zero-order valence-electron chi connectivity index (χ0n) is 18.0. The monoisotopic (exact) mass is 420 g/mol. The van der Waals surface area contributed by atoms with Gasteiger partial charge in [-0.1, -0.05) is 30.3 Å². The number of piperazine rings is 1. The number of nitrogens with zero attached hydrogens (tertiary/aromatic N) is 4. The summed E-state index contributed by atoms with van der Waals surface area (Å²) in [5, 5.41) is 1.10. The molecular weight excluding hydrogens is 391 g/mol. The number of likely N-dealkylation sites (tertiary alicyclic amines) is 1. The summed E-state index contributed by atoms with van der Waals surface area (Å²) in [4.78, 5) is 20.0. The van der Waals surface area contributed by atoms with Crippen LogP contribution in [0.1, 0.15) is 23.3 Å². The number of carbonyl (C=O) groups is 1. The molecule has 2 saturated heterocycles. The maximum Gasteiger partial charge on any atom is 0.270 e. The molecule has 162 valence electrons. The molecule has 1 aromatic heterocycles. The van der Waals surface area contributed by atoms with Crippen molar-refractivity contribution in [1.82, 2.24) is 14.4 Å². The Morgan fingerprint density at radius 3 is 2.48 bits per heavy atom. The standard InChI is InChI=1S/C25H29FN4O/c1-27-22-10-4-2-7-19(22)17-24(27)25(31)30-12-6-8-20(18-30)28-13-15-29(16-14-28)23-11-5-3-9-21(23)26/h2-5,7,9-11,17,20H,6,8,12-16,18H2,1H3. The molecular formula is C25H29FN4O. The molecule has 2 aromatic carbocycles. The van der Waals surface area contributed by atoms with E-state index in [1.165, 1.54) is 6.07 Å². The molecule has 0 bridgehead atoms. The van der Waals surface area contributed by atoms with E-state index < -0.39 is 0 Å². The van der Waals surface area contributed by atoms with E-state index in [1.54, 1.807) is 6.07 Å². The fourth-order valence-corrected chi connectivity index (χ4v) is 5.13. The second-order valence-corrected chi connectivity index (χ2v) is 8.67. The quantitative estimate of drug-likeness (QED) is 0.647. The number of halogens is 1. The normalized spacial score (nSPS) is 20.4. The molecule has 3 aromatic rings. The molecule has 1 unspecified atom stereocenters. The highest BCUT2D eigenvalue weighted by Gasteiger charge is 2.31. The molecule has 3 heterocycles. The van der Waals surface area contributed by atoms with Crippen molar-refractivity contribution < 1.29 is 9.18 Å². The van der Waals surface area contributed by atoms with Gasteiger partial charge in [0.1, 0.15) is 11.5 Å². The fourth-order valence-electron chi connectivity index (χ4n) is 5.13. The van der Waals surface area contributed by atoms with Gasteiger partial charge < -0.3 is 14.4 Å². The Labute approximate surface area is 182 Å². The predicted molar refractivity (Wildman–Crippen MR) is 122 cm³/mol. The number of benzene rings is 2. The number of piperidine rings is 1. The van der Waals surface area contributed by atoms with Crippen LogP contribution in [0.2, 0.25) is 0 Å². The minimum atomic E-state index is -0.152. The van der Waals surface area contributed by atoms with Gasteiger partial charge in [0.2, 0.25) is 0 Å². The number of rotatable bonds is 3. The van der Waals surface area contributed by atoms with Crippen LogP contribution in [-0.4, -0.2) is 65.6 Å². The lowest BCUT2D eigenvalue weighted by Crippen LogP contribution is -2.56. The average molecular weight is 421 g/mol. The zero-order valence-corrected chi connectivity index (χ0v) is 18.0. The van der Waals surface area contributed by atoms with Gasteiger partial charge in [-0.05, 0) is 37.1 Å². The molecule has 0 spiro atoms.